The van der Waals surface area contributed by atoms with E-state index < -0.39 is 0 Å². The molecular formula is C9H16N2S. The van der Waals surface area contributed by atoms with E-state index in [1.54, 1.807) is 0 Å². The Labute approximate surface area is 78.9 Å². The Bertz CT molecular complexity index is 196. The van der Waals surface area contributed by atoms with Gasteiger partial charge in [0.1, 0.15) is 5.03 Å². The second kappa shape index (κ2) is 7.13. The first-order valence-electron chi connectivity index (χ1n) is 4.09. The van der Waals surface area contributed by atoms with Gasteiger partial charge in [0, 0.05) is 6.20 Å². The van der Waals surface area contributed by atoms with E-state index in [-0.39, 0.29) is 0 Å². The lowest BCUT2D eigenvalue weighted by Crippen LogP contribution is -1.92. The fourth-order valence-electron chi connectivity index (χ4n) is 0.619. The van der Waals surface area contributed by atoms with Gasteiger partial charge in [-0.2, -0.15) is 0 Å². The number of rotatable bonds is 2. The SMILES string of the molecule is CC.CNSc1ccc(C)cn1. The Morgan fingerprint density at radius 3 is 2.42 bits per heavy atom. The van der Waals surface area contributed by atoms with E-state index in [1.165, 1.54) is 17.5 Å². The summed E-state index contributed by atoms with van der Waals surface area (Å²) in [5.41, 5.74) is 1.19. The summed E-state index contributed by atoms with van der Waals surface area (Å²) in [6.45, 7) is 6.03. The summed E-state index contributed by atoms with van der Waals surface area (Å²) in [6.07, 6.45) is 1.86. The number of hydrogen-bond acceptors (Lipinski definition) is 3. The summed E-state index contributed by atoms with van der Waals surface area (Å²) in [5, 5.41) is 1.01. The molecule has 12 heavy (non-hydrogen) atoms. The minimum absolute atomic E-state index is 1.01. The van der Waals surface area contributed by atoms with Crippen LogP contribution in [0.5, 0.6) is 0 Å². The minimum atomic E-state index is 1.01. The van der Waals surface area contributed by atoms with Crippen molar-refractivity contribution in [1.29, 1.82) is 0 Å². The predicted molar refractivity (Wildman–Crippen MR) is 55.2 cm³/mol. The number of nitrogens with one attached hydrogen (secondary N) is 1. The number of pyridine rings is 1. The quantitative estimate of drug-likeness (QED) is 0.715. The second-order valence-corrected chi connectivity index (χ2v) is 3.01. The molecular weight excluding hydrogens is 168 g/mol. The van der Waals surface area contributed by atoms with Crippen molar-refractivity contribution >= 4 is 11.9 Å². The zero-order valence-electron chi connectivity index (χ0n) is 8.09. The van der Waals surface area contributed by atoms with Gasteiger partial charge in [-0.15, -0.1) is 0 Å². The molecule has 0 fully saturated rings. The molecule has 1 N–H and O–H groups in total. The summed E-state index contributed by atoms with van der Waals surface area (Å²) in [4.78, 5) is 4.17. The van der Waals surface area contributed by atoms with Crippen LogP contribution in [0.4, 0.5) is 0 Å². The van der Waals surface area contributed by atoms with Crippen molar-refractivity contribution < 1.29 is 0 Å². The fraction of sp³-hybridized carbons (Fsp3) is 0.444. The maximum atomic E-state index is 4.17. The first-order chi connectivity index (χ1) is 5.83. The number of hydrogen-bond donors (Lipinski definition) is 1. The molecule has 3 heteroatoms. The third kappa shape index (κ3) is 4.36. The Hall–Kier alpha value is -0.540. The molecule has 0 aromatic carbocycles. The second-order valence-electron chi connectivity index (χ2n) is 1.98. The molecule has 1 rings (SSSR count). The molecule has 68 valence electrons. The van der Waals surface area contributed by atoms with Gasteiger partial charge in [0.2, 0.25) is 0 Å². The van der Waals surface area contributed by atoms with Crippen LogP contribution < -0.4 is 4.72 Å². The van der Waals surface area contributed by atoms with E-state index in [0.29, 0.717) is 0 Å². The highest BCUT2D eigenvalue weighted by Gasteiger charge is 1.90. The third-order valence-electron chi connectivity index (χ3n) is 1.09. The van der Waals surface area contributed by atoms with Gasteiger partial charge in [0.05, 0.1) is 0 Å². The Balaban J connectivity index is 0.000000561. The zero-order valence-corrected chi connectivity index (χ0v) is 8.90. The van der Waals surface area contributed by atoms with Crippen molar-refractivity contribution in [3.05, 3.63) is 23.9 Å². The van der Waals surface area contributed by atoms with Crippen LogP contribution in [-0.2, 0) is 0 Å². The smallest absolute Gasteiger partial charge is 0.111 e. The van der Waals surface area contributed by atoms with Crippen LogP contribution in [0.15, 0.2) is 23.4 Å². The molecule has 0 unspecified atom stereocenters. The number of aromatic nitrogens is 1. The number of aryl methyl sites for hydroxylation is 1. The molecule has 1 heterocycles. The molecule has 0 bridgehead atoms. The standard InChI is InChI=1S/C7H10N2S.C2H6/c1-6-3-4-7(9-5-6)10-8-2;1-2/h3-5,8H,1-2H3;1-2H3. The van der Waals surface area contributed by atoms with Gasteiger partial charge in [0.25, 0.3) is 0 Å². The van der Waals surface area contributed by atoms with E-state index in [2.05, 4.69) is 9.71 Å². The van der Waals surface area contributed by atoms with Crippen LogP contribution in [0.2, 0.25) is 0 Å². The molecule has 0 aliphatic carbocycles. The van der Waals surface area contributed by atoms with Gasteiger partial charge >= 0.3 is 0 Å². The van der Waals surface area contributed by atoms with Crippen LogP contribution in [-0.4, -0.2) is 12.0 Å². The van der Waals surface area contributed by atoms with Gasteiger partial charge in [-0.1, -0.05) is 19.9 Å². The summed E-state index contributed by atoms with van der Waals surface area (Å²) in [7, 11) is 1.88. The zero-order chi connectivity index (χ0) is 9.40. The summed E-state index contributed by atoms with van der Waals surface area (Å²) in [6, 6.07) is 4.04. The van der Waals surface area contributed by atoms with Crippen LogP contribution >= 0.6 is 11.9 Å². The Morgan fingerprint density at radius 2 is 2.00 bits per heavy atom. The van der Waals surface area contributed by atoms with Crippen LogP contribution in [0.25, 0.3) is 0 Å². The van der Waals surface area contributed by atoms with Gasteiger partial charge in [-0.05, 0) is 37.5 Å². The summed E-state index contributed by atoms with van der Waals surface area (Å²) >= 11 is 1.52. The van der Waals surface area contributed by atoms with Gasteiger partial charge in [-0.3, -0.25) is 4.72 Å². The molecule has 0 amide bonds. The maximum Gasteiger partial charge on any atom is 0.111 e. The highest BCUT2D eigenvalue weighted by molar-refractivity contribution is 7.97. The van der Waals surface area contributed by atoms with Crippen LogP contribution in [0.3, 0.4) is 0 Å². The highest BCUT2D eigenvalue weighted by atomic mass is 32.2. The van der Waals surface area contributed by atoms with E-state index in [9.17, 15) is 0 Å². The van der Waals surface area contributed by atoms with Crippen molar-refractivity contribution in [3.8, 4) is 0 Å². The molecule has 0 aliphatic rings. The average molecular weight is 184 g/mol. The van der Waals surface area contributed by atoms with Crippen molar-refractivity contribution in [1.82, 2.24) is 9.71 Å². The predicted octanol–water partition coefficient (Wildman–Crippen LogP) is 2.64. The Morgan fingerprint density at radius 1 is 1.33 bits per heavy atom. The monoisotopic (exact) mass is 184 g/mol. The molecule has 0 radical (unpaired) electrons. The summed E-state index contributed by atoms with van der Waals surface area (Å²) in [5.74, 6) is 0. The molecule has 0 aliphatic heterocycles. The van der Waals surface area contributed by atoms with Gasteiger partial charge in [-0.25, -0.2) is 4.98 Å². The molecule has 2 nitrogen and oxygen atoms in total. The topological polar surface area (TPSA) is 24.9 Å². The normalized spacial score (nSPS) is 8.67. The third-order valence-corrected chi connectivity index (χ3v) is 1.75. The van der Waals surface area contributed by atoms with Crippen LogP contribution in [0.1, 0.15) is 19.4 Å². The largest absolute Gasteiger partial charge is 0.262 e. The first kappa shape index (κ1) is 11.5. The lowest BCUT2D eigenvalue weighted by Gasteiger charge is -1.96. The lowest BCUT2D eigenvalue weighted by molar-refractivity contribution is 1.10. The maximum absolute atomic E-state index is 4.17. The van der Waals surface area contributed by atoms with Crippen molar-refractivity contribution in [2.75, 3.05) is 7.05 Å². The average Bonchev–Trinajstić information content (AvgIpc) is 2.13. The van der Waals surface area contributed by atoms with E-state index in [1.807, 2.05) is 46.1 Å². The van der Waals surface area contributed by atoms with Gasteiger partial charge < -0.3 is 0 Å². The summed E-state index contributed by atoms with van der Waals surface area (Å²) < 4.78 is 2.96. The molecule has 0 atom stereocenters. The van der Waals surface area contributed by atoms with Crippen molar-refractivity contribution in [3.63, 3.8) is 0 Å². The molecule has 0 spiro atoms. The van der Waals surface area contributed by atoms with Crippen molar-refractivity contribution in [2.45, 2.75) is 25.8 Å². The van der Waals surface area contributed by atoms with Crippen LogP contribution in [0, 0.1) is 6.92 Å². The van der Waals surface area contributed by atoms with E-state index >= 15 is 0 Å². The molecule has 1 aromatic heterocycles. The molecule has 0 saturated heterocycles. The van der Waals surface area contributed by atoms with E-state index in [0.717, 1.165) is 5.03 Å². The molecule has 1 aromatic rings. The lowest BCUT2D eigenvalue weighted by atomic mass is 10.3. The highest BCUT2D eigenvalue weighted by Crippen LogP contribution is 2.09. The minimum Gasteiger partial charge on any atom is -0.262 e. The molecule has 0 saturated carbocycles. The van der Waals surface area contributed by atoms with Gasteiger partial charge in [0.15, 0.2) is 0 Å². The van der Waals surface area contributed by atoms with Crippen molar-refractivity contribution in [2.24, 2.45) is 0 Å². The fourth-order valence-corrected chi connectivity index (χ4v) is 1.07. The Kier molecular flexibility index (Phi) is 6.81. The first-order valence-corrected chi connectivity index (χ1v) is 4.91. The number of nitrogens with zero attached hydrogens (tertiary/aromatic N) is 1. The van der Waals surface area contributed by atoms with E-state index in [4.69, 9.17) is 0 Å².